The van der Waals surface area contributed by atoms with Crippen LogP contribution in [0.25, 0.3) is 0 Å². The van der Waals surface area contributed by atoms with Crippen LogP contribution in [0.15, 0.2) is 66.9 Å². The fourth-order valence-corrected chi connectivity index (χ4v) is 3.68. The van der Waals surface area contributed by atoms with Crippen LogP contribution in [-0.2, 0) is 24.3 Å². The van der Waals surface area contributed by atoms with Crippen molar-refractivity contribution < 1.29 is 9.53 Å². The van der Waals surface area contributed by atoms with Crippen molar-refractivity contribution in [3.8, 4) is 5.75 Å². The molecule has 3 aromatic rings. The molecule has 4 rings (SSSR count). The number of benzene rings is 2. The van der Waals surface area contributed by atoms with E-state index >= 15 is 0 Å². The van der Waals surface area contributed by atoms with Crippen molar-refractivity contribution >= 4 is 11.7 Å². The summed E-state index contributed by atoms with van der Waals surface area (Å²) in [5.74, 6) is 1.52. The second-order valence-corrected chi connectivity index (χ2v) is 7.76. The molecule has 1 amide bonds. The zero-order valence-electron chi connectivity index (χ0n) is 17.5. The van der Waals surface area contributed by atoms with Gasteiger partial charge in [-0.05, 0) is 60.7 Å². The van der Waals surface area contributed by atoms with Crippen molar-refractivity contribution in [3.63, 3.8) is 0 Å². The monoisotopic (exact) mass is 401 g/mol. The van der Waals surface area contributed by atoms with Gasteiger partial charge in [0, 0.05) is 25.8 Å². The molecule has 0 saturated heterocycles. The number of pyridine rings is 1. The molecule has 1 N–H and O–H groups in total. The fraction of sp³-hybridized carbons (Fsp3) is 0.280. The highest BCUT2D eigenvalue weighted by molar-refractivity contribution is 5.80. The van der Waals surface area contributed by atoms with Gasteiger partial charge in [0.1, 0.15) is 11.6 Å². The number of hydrogen-bond acceptors (Lipinski definition) is 4. The molecule has 154 valence electrons. The van der Waals surface area contributed by atoms with Crippen LogP contribution in [0.2, 0.25) is 0 Å². The van der Waals surface area contributed by atoms with E-state index in [0.29, 0.717) is 12.3 Å². The van der Waals surface area contributed by atoms with Gasteiger partial charge >= 0.3 is 0 Å². The van der Waals surface area contributed by atoms with Crippen molar-refractivity contribution in [1.29, 1.82) is 0 Å². The maximum absolute atomic E-state index is 12.4. The Hall–Kier alpha value is -3.34. The molecule has 5 heteroatoms. The number of nitrogens with one attached hydrogen (secondary N) is 1. The first-order valence-electron chi connectivity index (χ1n) is 10.4. The van der Waals surface area contributed by atoms with Crippen LogP contribution in [0.1, 0.15) is 29.2 Å². The van der Waals surface area contributed by atoms with Crippen LogP contribution in [0.5, 0.6) is 5.75 Å². The molecule has 0 radical (unpaired) electrons. The Balaban J connectivity index is 1.30. The number of anilines is 1. The summed E-state index contributed by atoms with van der Waals surface area (Å²) in [5, 5.41) is 2.93. The lowest BCUT2D eigenvalue weighted by Gasteiger charge is -2.29. The molecule has 1 aromatic heterocycles. The second kappa shape index (κ2) is 8.99. The molecule has 0 fully saturated rings. The van der Waals surface area contributed by atoms with Crippen molar-refractivity contribution in [2.24, 2.45) is 0 Å². The standard InChI is InChI=1S/C25H27N3O2/c1-18-6-5-9-23(14-18)30-19(2)25(29)27-16-20-10-11-24(26-15-20)28-13-12-21-7-3-4-8-22(21)17-28/h3-11,14-15,19H,12-13,16-17H2,1-2H3,(H,27,29). The van der Waals surface area contributed by atoms with Crippen molar-refractivity contribution in [2.75, 3.05) is 11.4 Å². The van der Waals surface area contributed by atoms with E-state index in [0.717, 1.165) is 36.5 Å². The summed E-state index contributed by atoms with van der Waals surface area (Å²) < 4.78 is 5.74. The average molecular weight is 402 g/mol. The number of fused-ring (bicyclic) bond motifs is 1. The number of aryl methyl sites for hydroxylation is 1. The van der Waals surface area contributed by atoms with Gasteiger partial charge in [0.05, 0.1) is 0 Å². The molecule has 30 heavy (non-hydrogen) atoms. The molecule has 0 saturated carbocycles. The number of rotatable bonds is 6. The van der Waals surface area contributed by atoms with Gasteiger partial charge in [-0.3, -0.25) is 4.79 Å². The average Bonchev–Trinajstić information content (AvgIpc) is 2.77. The predicted molar refractivity (Wildman–Crippen MR) is 119 cm³/mol. The van der Waals surface area contributed by atoms with Gasteiger partial charge in [0.2, 0.25) is 0 Å². The first-order chi connectivity index (χ1) is 14.6. The Morgan fingerprint density at radius 2 is 1.97 bits per heavy atom. The summed E-state index contributed by atoms with van der Waals surface area (Å²) in [5.41, 5.74) is 4.86. The SMILES string of the molecule is Cc1cccc(OC(C)C(=O)NCc2ccc(N3CCc4ccccc4C3)nc2)c1. The minimum absolute atomic E-state index is 0.145. The number of carbonyl (C=O) groups excluding carboxylic acids is 1. The third kappa shape index (κ3) is 4.79. The number of nitrogens with zero attached hydrogens (tertiary/aromatic N) is 2. The van der Waals surface area contributed by atoms with Crippen molar-refractivity contribution in [3.05, 3.63) is 89.1 Å². The minimum Gasteiger partial charge on any atom is -0.481 e. The van der Waals surface area contributed by atoms with Crippen LogP contribution in [0.4, 0.5) is 5.82 Å². The van der Waals surface area contributed by atoms with E-state index in [1.54, 1.807) is 6.92 Å². The Kier molecular flexibility index (Phi) is 5.98. The smallest absolute Gasteiger partial charge is 0.261 e. The second-order valence-electron chi connectivity index (χ2n) is 7.76. The van der Waals surface area contributed by atoms with E-state index in [2.05, 4.69) is 39.5 Å². The number of hydrogen-bond donors (Lipinski definition) is 1. The van der Waals surface area contributed by atoms with Gasteiger partial charge < -0.3 is 15.0 Å². The molecule has 2 aromatic carbocycles. The first-order valence-corrected chi connectivity index (χ1v) is 10.4. The number of amides is 1. The van der Waals surface area contributed by atoms with Crippen LogP contribution in [0, 0.1) is 6.92 Å². The molecule has 1 aliphatic rings. The van der Waals surface area contributed by atoms with Crippen molar-refractivity contribution in [1.82, 2.24) is 10.3 Å². The zero-order chi connectivity index (χ0) is 20.9. The summed E-state index contributed by atoms with van der Waals surface area (Å²) >= 11 is 0. The molecule has 0 aliphatic carbocycles. The maximum Gasteiger partial charge on any atom is 0.261 e. The zero-order valence-corrected chi connectivity index (χ0v) is 17.5. The Labute approximate surface area is 177 Å². The lowest BCUT2D eigenvalue weighted by atomic mass is 10.00. The fourth-order valence-electron chi connectivity index (χ4n) is 3.68. The van der Waals surface area contributed by atoms with E-state index in [1.807, 2.05) is 49.5 Å². The predicted octanol–water partition coefficient (Wildman–Crippen LogP) is 4.04. The van der Waals surface area contributed by atoms with Gasteiger partial charge in [-0.1, -0.05) is 42.5 Å². The normalized spacial score (nSPS) is 14.0. The van der Waals surface area contributed by atoms with Crippen LogP contribution in [0.3, 0.4) is 0 Å². The van der Waals surface area contributed by atoms with Crippen LogP contribution >= 0.6 is 0 Å². The quantitative estimate of drug-likeness (QED) is 0.677. The molecular weight excluding hydrogens is 374 g/mol. The van der Waals surface area contributed by atoms with Gasteiger partial charge in [-0.15, -0.1) is 0 Å². The number of ether oxygens (including phenoxy) is 1. The molecule has 0 spiro atoms. The first kappa shape index (κ1) is 20.0. The molecule has 0 bridgehead atoms. The highest BCUT2D eigenvalue weighted by atomic mass is 16.5. The molecule has 1 atom stereocenters. The topological polar surface area (TPSA) is 54.5 Å². The van der Waals surface area contributed by atoms with E-state index in [-0.39, 0.29) is 5.91 Å². The Morgan fingerprint density at radius 3 is 2.73 bits per heavy atom. The summed E-state index contributed by atoms with van der Waals surface area (Å²) in [7, 11) is 0. The van der Waals surface area contributed by atoms with Crippen LogP contribution < -0.4 is 15.0 Å². The summed E-state index contributed by atoms with van der Waals surface area (Å²) in [4.78, 5) is 19.3. The van der Waals surface area contributed by atoms with E-state index in [4.69, 9.17) is 4.74 Å². The molecule has 5 nitrogen and oxygen atoms in total. The Bertz CT molecular complexity index is 1020. The number of carbonyl (C=O) groups is 1. The maximum atomic E-state index is 12.4. The molecule has 2 heterocycles. The summed E-state index contributed by atoms with van der Waals surface area (Å²) in [6.07, 6.45) is 2.31. The van der Waals surface area contributed by atoms with Crippen molar-refractivity contribution in [2.45, 2.75) is 39.5 Å². The van der Waals surface area contributed by atoms with E-state index in [1.165, 1.54) is 11.1 Å². The van der Waals surface area contributed by atoms with Crippen LogP contribution in [-0.4, -0.2) is 23.5 Å². The highest BCUT2D eigenvalue weighted by Gasteiger charge is 2.17. The highest BCUT2D eigenvalue weighted by Crippen LogP contribution is 2.23. The third-order valence-electron chi connectivity index (χ3n) is 5.40. The lowest BCUT2D eigenvalue weighted by molar-refractivity contribution is -0.127. The third-order valence-corrected chi connectivity index (χ3v) is 5.40. The van der Waals surface area contributed by atoms with E-state index in [9.17, 15) is 4.79 Å². The minimum atomic E-state index is -0.563. The summed E-state index contributed by atoms with van der Waals surface area (Å²) in [6, 6.07) is 20.3. The Morgan fingerprint density at radius 1 is 1.13 bits per heavy atom. The van der Waals surface area contributed by atoms with Gasteiger partial charge in [-0.25, -0.2) is 4.98 Å². The molecule has 1 aliphatic heterocycles. The molecular formula is C25H27N3O2. The van der Waals surface area contributed by atoms with Gasteiger partial charge in [0.25, 0.3) is 5.91 Å². The summed E-state index contributed by atoms with van der Waals surface area (Å²) in [6.45, 7) is 6.03. The molecule has 1 unspecified atom stereocenters. The number of aromatic nitrogens is 1. The van der Waals surface area contributed by atoms with Gasteiger partial charge in [0.15, 0.2) is 6.10 Å². The van der Waals surface area contributed by atoms with Gasteiger partial charge in [-0.2, -0.15) is 0 Å². The largest absolute Gasteiger partial charge is 0.481 e. The lowest BCUT2D eigenvalue weighted by Crippen LogP contribution is -2.36. The van der Waals surface area contributed by atoms with E-state index < -0.39 is 6.10 Å².